The molecule has 3 aromatic rings. The van der Waals surface area contributed by atoms with Crippen LogP contribution >= 0.6 is 11.6 Å². The third kappa shape index (κ3) is 4.65. The number of nitrogens with zero attached hydrogens (tertiary/aromatic N) is 4. The first-order valence-corrected chi connectivity index (χ1v) is 10.6. The molecule has 2 heterocycles. The molecule has 0 saturated carbocycles. The number of aromatic nitrogens is 2. The van der Waals surface area contributed by atoms with Crippen LogP contribution in [0.25, 0.3) is 11.1 Å². The molecule has 8 nitrogen and oxygen atoms in total. The zero-order chi connectivity index (χ0) is 24.2. The molecule has 0 aliphatic carbocycles. The van der Waals surface area contributed by atoms with Crippen molar-refractivity contribution < 1.29 is 18.4 Å². The maximum absolute atomic E-state index is 15.1. The van der Waals surface area contributed by atoms with E-state index in [0.29, 0.717) is 12.8 Å². The van der Waals surface area contributed by atoms with E-state index in [-0.39, 0.29) is 39.9 Å². The zero-order valence-electron chi connectivity index (χ0n) is 17.6. The van der Waals surface area contributed by atoms with E-state index in [1.54, 1.807) is 12.1 Å². The number of rotatable bonds is 4. The molecule has 2 aromatic carbocycles. The van der Waals surface area contributed by atoms with E-state index in [0.717, 1.165) is 4.90 Å². The largest absolute Gasteiger partial charge is 0.326 e. The van der Waals surface area contributed by atoms with Gasteiger partial charge in [-0.2, -0.15) is 5.26 Å². The van der Waals surface area contributed by atoms with Crippen molar-refractivity contribution in [2.75, 3.05) is 16.8 Å². The van der Waals surface area contributed by atoms with Crippen molar-refractivity contribution in [3.8, 4) is 17.2 Å². The highest BCUT2D eigenvalue weighted by Gasteiger charge is 2.33. The van der Waals surface area contributed by atoms with Gasteiger partial charge in [-0.1, -0.05) is 29.8 Å². The number of amides is 3. The van der Waals surface area contributed by atoms with Crippen molar-refractivity contribution in [1.82, 2.24) is 15.3 Å². The van der Waals surface area contributed by atoms with E-state index < -0.39 is 29.6 Å². The molecule has 1 aromatic heterocycles. The molecule has 4 rings (SSSR count). The lowest BCUT2D eigenvalue weighted by molar-refractivity contribution is -0.121. The van der Waals surface area contributed by atoms with E-state index in [1.807, 2.05) is 6.07 Å². The highest BCUT2D eigenvalue weighted by molar-refractivity contribution is 6.29. The predicted octanol–water partition coefficient (Wildman–Crippen LogP) is 4.26. The summed E-state index contributed by atoms with van der Waals surface area (Å²) >= 11 is 5.66. The van der Waals surface area contributed by atoms with Crippen LogP contribution < -0.4 is 15.5 Å². The van der Waals surface area contributed by atoms with Gasteiger partial charge in [0.2, 0.25) is 5.91 Å². The summed E-state index contributed by atoms with van der Waals surface area (Å²) in [6.07, 6.45) is 3.28. The van der Waals surface area contributed by atoms with Gasteiger partial charge in [0, 0.05) is 17.7 Å². The molecule has 2 N–H and O–H groups in total. The maximum Gasteiger partial charge on any atom is 0.321 e. The van der Waals surface area contributed by atoms with Gasteiger partial charge in [-0.25, -0.2) is 23.5 Å². The summed E-state index contributed by atoms with van der Waals surface area (Å²) in [4.78, 5) is 34.1. The average Bonchev–Trinajstić information content (AvgIpc) is 2.84. The van der Waals surface area contributed by atoms with Gasteiger partial charge in [0.05, 0.1) is 29.7 Å². The Bertz CT molecular complexity index is 1300. The summed E-state index contributed by atoms with van der Waals surface area (Å²) < 4.78 is 30.1. The van der Waals surface area contributed by atoms with Crippen LogP contribution in [0.4, 0.5) is 25.1 Å². The van der Waals surface area contributed by atoms with E-state index >= 15 is 4.39 Å². The average molecular weight is 483 g/mol. The molecule has 34 heavy (non-hydrogen) atoms. The van der Waals surface area contributed by atoms with Crippen LogP contribution in [0, 0.1) is 23.0 Å². The zero-order valence-corrected chi connectivity index (χ0v) is 18.3. The predicted molar refractivity (Wildman–Crippen MR) is 121 cm³/mol. The summed E-state index contributed by atoms with van der Waals surface area (Å²) in [7, 11) is 0. The van der Waals surface area contributed by atoms with Crippen LogP contribution in [0.5, 0.6) is 0 Å². The van der Waals surface area contributed by atoms with Gasteiger partial charge in [-0.3, -0.25) is 10.1 Å². The van der Waals surface area contributed by atoms with Crippen molar-refractivity contribution >= 4 is 35.0 Å². The number of piperidine rings is 1. The fourth-order valence-corrected chi connectivity index (χ4v) is 3.80. The number of benzene rings is 2. The van der Waals surface area contributed by atoms with E-state index in [2.05, 4.69) is 20.6 Å². The third-order valence-electron chi connectivity index (χ3n) is 5.30. The molecule has 1 saturated heterocycles. The lowest BCUT2D eigenvalue weighted by Crippen LogP contribution is -2.53. The van der Waals surface area contributed by atoms with E-state index in [1.165, 1.54) is 36.7 Å². The SMILES string of the molecule is N#Cc1ccccc1-c1ccc(N2CCCC(NC(=O)Nc3cnc(Cl)cn3)C2=O)c(F)c1F. The van der Waals surface area contributed by atoms with Gasteiger partial charge < -0.3 is 10.2 Å². The number of carbonyl (C=O) groups excluding carboxylic acids is 2. The second kappa shape index (κ2) is 9.80. The number of nitrogens with one attached hydrogen (secondary N) is 2. The normalized spacial score (nSPS) is 15.5. The van der Waals surface area contributed by atoms with Gasteiger partial charge in [-0.15, -0.1) is 0 Å². The number of hydrogen-bond acceptors (Lipinski definition) is 5. The van der Waals surface area contributed by atoms with Crippen molar-refractivity contribution in [1.29, 1.82) is 5.26 Å². The topological polar surface area (TPSA) is 111 Å². The number of anilines is 2. The first kappa shape index (κ1) is 23.1. The van der Waals surface area contributed by atoms with Crippen molar-refractivity contribution in [2.24, 2.45) is 0 Å². The molecule has 1 atom stereocenters. The fraction of sp³-hybridized carbons (Fsp3) is 0.174. The molecular formula is C23H17ClF2N6O2. The number of urea groups is 1. The molecule has 0 radical (unpaired) electrons. The fourth-order valence-electron chi connectivity index (χ4n) is 3.71. The van der Waals surface area contributed by atoms with Gasteiger partial charge in [0.1, 0.15) is 11.2 Å². The number of carbonyl (C=O) groups is 2. The maximum atomic E-state index is 15.1. The summed E-state index contributed by atoms with van der Waals surface area (Å²) in [5.41, 5.74) is 0.125. The highest BCUT2D eigenvalue weighted by Crippen LogP contribution is 2.33. The van der Waals surface area contributed by atoms with Crippen LogP contribution in [0.15, 0.2) is 48.8 Å². The summed E-state index contributed by atoms with van der Waals surface area (Å²) in [6.45, 7) is 0.159. The monoisotopic (exact) mass is 482 g/mol. The minimum Gasteiger partial charge on any atom is -0.326 e. The molecule has 172 valence electrons. The molecule has 1 aliphatic heterocycles. The van der Waals surface area contributed by atoms with Crippen molar-refractivity contribution in [3.05, 3.63) is 71.1 Å². The minimum absolute atomic E-state index is 0.0824. The Morgan fingerprint density at radius 3 is 2.65 bits per heavy atom. The molecule has 0 bridgehead atoms. The molecule has 11 heteroatoms. The quantitative estimate of drug-likeness (QED) is 0.577. The molecule has 0 spiro atoms. The molecule has 3 amide bonds. The second-order valence-electron chi connectivity index (χ2n) is 7.43. The van der Waals surface area contributed by atoms with E-state index in [4.69, 9.17) is 11.6 Å². The Labute approximate surface area is 198 Å². The van der Waals surface area contributed by atoms with Gasteiger partial charge in [0.15, 0.2) is 17.5 Å². The van der Waals surface area contributed by atoms with Crippen LogP contribution in [0.2, 0.25) is 5.15 Å². The van der Waals surface area contributed by atoms with Crippen molar-refractivity contribution in [2.45, 2.75) is 18.9 Å². The molecule has 1 unspecified atom stereocenters. The third-order valence-corrected chi connectivity index (χ3v) is 5.49. The lowest BCUT2D eigenvalue weighted by atomic mass is 9.98. The summed E-state index contributed by atoms with van der Waals surface area (Å²) in [5.74, 6) is -2.82. The number of nitriles is 1. The lowest BCUT2D eigenvalue weighted by Gasteiger charge is -2.33. The molecular weight excluding hydrogens is 466 g/mol. The van der Waals surface area contributed by atoms with Gasteiger partial charge in [-0.05, 0) is 31.0 Å². The Hall–Kier alpha value is -4.10. The Kier molecular flexibility index (Phi) is 6.65. The van der Waals surface area contributed by atoms with Gasteiger partial charge >= 0.3 is 6.03 Å². The van der Waals surface area contributed by atoms with Crippen LogP contribution in [0.3, 0.4) is 0 Å². The standard InChI is InChI=1S/C23H17ClF2N6O2/c24-18-11-29-19(12-28-18)31-23(34)30-16-6-3-9-32(22(16)33)17-8-7-15(20(25)21(17)26)14-5-2-1-4-13(14)10-27/h1-2,4-5,7-8,11-12,16H,3,6,9H2,(H2,29,30,31,34). The Balaban J connectivity index is 1.53. The molecule has 1 aliphatic rings. The summed E-state index contributed by atoms with van der Waals surface area (Å²) in [6, 6.07) is 9.20. The first-order chi connectivity index (χ1) is 16.4. The van der Waals surface area contributed by atoms with Crippen LogP contribution in [-0.2, 0) is 4.79 Å². The number of halogens is 3. The Morgan fingerprint density at radius 2 is 1.91 bits per heavy atom. The Morgan fingerprint density at radius 1 is 1.12 bits per heavy atom. The first-order valence-electron chi connectivity index (χ1n) is 10.2. The van der Waals surface area contributed by atoms with Crippen LogP contribution in [0.1, 0.15) is 18.4 Å². The smallest absolute Gasteiger partial charge is 0.321 e. The van der Waals surface area contributed by atoms with Crippen LogP contribution in [-0.4, -0.2) is 34.5 Å². The number of hydrogen-bond donors (Lipinski definition) is 2. The van der Waals surface area contributed by atoms with E-state index in [9.17, 15) is 19.2 Å². The second-order valence-corrected chi connectivity index (χ2v) is 7.81. The molecule has 1 fully saturated rings. The summed E-state index contributed by atoms with van der Waals surface area (Å²) in [5, 5.41) is 14.4. The van der Waals surface area contributed by atoms with Gasteiger partial charge in [0.25, 0.3) is 0 Å². The van der Waals surface area contributed by atoms with Crippen molar-refractivity contribution in [3.63, 3.8) is 0 Å². The highest BCUT2D eigenvalue weighted by atomic mass is 35.5. The minimum atomic E-state index is -1.21.